The van der Waals surface area contributed by atoms with Crippen LogP contribution in [0.15, 0.2) is 0 Å². The van der Waals surface area contributed by atoms with E-state index >= 15 is 0 Å². The van der Waals surface area contributed by atoms with Crippen molar-refractivity contribution in [3.63, 3.8) is 0 Å². The molecule has 0 unspecified atom stereocenters. The molecule has 3 heteroatoms. The molecule has 0 aliphatic heterocycles. The van der Waals surface area contributed by atoms with Gasteiger partial charge < -0.3 is 0 Å². The molecule has 0 saturated carbocycles. The normalized spacial score (nSPS) is 12.9. The van der Waals surface area contributed by atoms with E-state index in [0.29, 0.717) is 0 Å². The van der Waals surface area contributed by atoms with Gasteiger partial charge in [-0.1, -0.05) is 0 Å². The van der Waals surface area contributed by atoms with E-state index in [0.717, 1.165) is 0 Å². The van der Waals surface area contributed by atoms with E-state index in [1.807, 2.05) is 0 Å². The third-order valence-corrected chi connectivity index (χ3v) is 28.9. The molecular weight excluding hydrogens is 218 g/mol. The summed E-state index contributed by atoms with van der Waals surface area (Å²) >= 11 is -0.0814. The summed E-state index contributed by atoms with van der Waals surface area (Å²) in [5.74, 6) is 0. The first kappa shape index (κ1) is 12.1. The molecule has 0 saturated heterocycles. The predicted molar refractivity (Wildman–Crippen MR) is 56.3 cm³/mol. The molecule has 0 aromatic carbocycles. The molecular formula is C8H22Si2Zn. The molecule has 0 aromatic heterocycles. The number of hydrogen-bond donors (Lipinski definition) is 0. The van der Waals surface area contributed by atoms with Crippen molar-refractivity contribution >= 4 is 16.1 Å². The zero-order valence-corrected chi connectivity index (χ0v) is 14.1. The third-order valence-electron chi connectivity index (χ3n) is 1.85. The molecule has 0 aromatic rings. The van der Waals surface area contributed by atoms with Crippen molar-refractivity contribution in [2.45, 2.75) is 48.6 Å². The van der Waals surface area contributed by atoms with Crippen LogP contribution in [-0.4, -0.2) is 16.1 Å². The predicted octanol–water partition coefficient (Wildman–Crippen LogP) is 3.66. The van der Waals surface area contributed by atoms with Gasteiger partial charge in [-0.2, -0.15) is 0 Å². The van der Waals surface area contributed by atoms with Crippen molar-refractivity contribution in [2.75, 3.05) is 0 Å². The molecule has 0 heterocycles. The van der Waals surface area contributed by atoms with Crippen LogP contribution in [0.3, 0.4) is 0 Å². The van der Waals surface area contributed by atoms with Crippen LogP contribution >= 0.6 is 0 Å². The van der Waals surface area contributed by atoms with Crippen LogP contribution in [0.1, 0.15) is 0 Å². The summed E-state index contributed by atoms with van der Waals surface area (Å²) in [6, 6.07) is 0. The Morgan fingerprint density at radius 2 is 1.00 bits per heavy atom. The third kappa shape index (κ3) is 11.1. The first-order valence-corrected chi connectivity index (χ1v) is 16.3. The van der Waals surface area contributed by atoms with Gasteiger partial charge in [-0.15, -0.1) is 0 Å². The Bertz CT molecular complexity index is 96.2. The fraction of sp³-hybridized carbons (Fsp3) is 1.00. The molecule has 0 bridgehead atoms. The van der Waals surface area contributed by atoms with Crippen LogP contribution in [0.2, 0.25) is 48.6 Å². The van der Waals surface area contributed by atoms with Crippen molar-refractivity contribution in [3.8, 4) is 0 Å². The van der Waals surface area contributed by atoms with Gasteiger partial charge in [-0.25, -0.2) is 0 Å². The summed E-state index contributed by atoms with van der Waals surface area (Å²) in [5.41, 5.74) is 0. The van der Waals surface area contributed by atoms with Crippen molar-refractivity contribution in [1.29, 1.82) is 0 Å². The fourth-order valence-electron chi connectivity index (χ4n) is 1.15. The Hall–Kier alpha value is 1.06. The minimum absolute atomic E-state index is 0.0814. The van der Waals surface area contributed by atoms with Crippen LogP contribution in [-0.2, 0) is 17.1 Å². The molecule has 11 heavy (non-hydrogen) atoms. The van der Waals surface area contributed by atoms with Gasteiger partial charge in [0.2, 0.25) is 0 Å². The summed E-state index contributed by atoms with van der Waals surface area (Å²) in [5, 5.41) is 0. The minimum atomic E-state index is -0.651. The quantitative estimate of drug-likeness (QED) is 0.657. The molecule has 0 fully saturated rings. The second kappa shape index (κ2) is 4.34. The summed E-state index contributed by atoms with van der Waals surface area (Å²) in [7, 11) is -1.30. The van der Waals surface area contributed by atoms with E-state index in [2.05, 4.69) is 39.3 Å². The van der Waals surface area contributed by atoms with Gasteiger partial charge in [0.25, 0.3) is 0 Å². The molecule has 0 atom stereocenters. The van der Waals surface area contributed by atoms with E-state index in [1.165, 1.54) is 0 Å². The van der Waals surface area contributed by atoms with Gasteiger partial charge in [-0.3, -0.25) is 0 Å². The topological polar surface area (TPSA) is 0 Å². The summed E-state index contributed by atoms with van der Waals surface area (Å²) in [6.45, 7) is 15.1. The fourth-order valence-corrected chi connectivity index (χ4v) is 20.7. The van der Waals surface area contributed by atoms with Crippen molar-refractivity contribution in [1.82, 2.24) is 0 Å². The van der Waals surface area contributed by atoms with E-state index in [-0.39, 0.29) is 17.1 Å². The van der Waals surface area contributed by atoms with Crippen molar-refractivity contribution in [3.05, 3.63) is 0 Å². The van der Waals surface area contributed by atoms with Crippen molar-refractivity contribution in [2.24, 2.45) is 0 Å². The maximum absolute atomic E-state index is 2.52. The number of hydrogen-bond acceptors (Lipinski definition) is 0. The molecule has 0 nitrogen and oxygen atoms in total. The molecule has 0 rings (SSSR count). The zero-order chi connectivity index (χ0) is 9.12. The Morgan fingerprint density at radius 3 is 1.18 bits per heavy atom. The van der Waals surface area contributed by atoms with E-state index in [9.17, 15) is 0 Å². The van der Waals surface area contributed by atoms with E-state index in [1.54, 1.807) is 9.28 Å². The average molecular weight is 240 g/mol. The van der Waals surface area contributed by atoms with Gasteiger partial charge in [0, 0.05) is 0 Å². The Balaban J connectivity index is 3.44. The van der Waals surface area contributed by atoms with Gasteiger partial charge in [-0.05, 0) is 0 Å². The Kier molecular flexibility index (Phi) is 4.75. The Morgan fingerprint density at radius 1 is 0.727 bits per heavy atom. The standard InChI is InChI=1S/2C4H11Si.Zn/c2*1-5(2,3)4;/h2*1H2,2-4H3;. The van der Waals surface area contributed by atoms with Crippen LogP contribution < -0.4 is 0 Å². The van der Waals surface area contributed by atoms with Gasteiger partial charge in [0.15, 0.2) is 0 Å². The monoisotopic (exact) mass is 238 g/mol. The molecule has 0 aliphatic carbocycles. The summed E-state index contributed by atoms with van der Waals surface area (Å²) in [6.07, 6.45) is 0. The summed E-state index contributed by atoms with van der Waals surface area (Å²) < 4.78 is 3.43. The second-order valence-electron chi connectivity index (χ2n) is 5.97. The van der Waals surface area contributed by atoms with Gasteiger partial charge in [0.05, 0.1) is 0 Å². The summed E-state index contributed by atoms with van der Waals surface area (Å²) in [4.78, 5) is 0. The van der Waals surface area contributed by atoms with Crippen LogP contribution in [0.25, 0.3) is 0 Å². The van der Waals surface area contributed by atoms with Crippen LogP contribution in [0, 0.1) is 0 Å². The molecule has 0 aliphatic rings. The molecule has 0 amide bonds. The van der Waals surface area contributed by atoms with Crippen molar-refractivity contribution < 1.29 is 17.1 Å². The molecule has 0 spiro atoms. The first-order valence-electron chi connectivity index (χ1n) is 4.71. The number of rotatable bonds is 4. The second-order valence-corrected chi connectivity index (χ2v) is 25.0. The SMILES string of the molecule is C[Si](C)(C)[CH2][Zn][CH2][Si](C)(C)C. The van der Waals surface area contributed by atoms with Gasteiger partial charge in [0.1, 0.15) is 0 Å². The van der Waals surface area contributed by atoms with Crippen LogP contribution in [0.4, 0.5) is 0 Å². The maximum atomic E-state index is 2.52. The molecule has 0 radical (unpaired) electrons. The molecule has 64 valence electrons. The zero-order valence-electron chi connectivity index (χ0n) is 9.12. The van der Waals surface area contributed by atoms with Crippen LogP contribution in [0.5, 0.6) is 0 Å². The average Bonchev–Trinajstić information content (AvgIpc) is 1.55. The van der Waals surface area contributed by atoms with E-state index < -0.39 is 16.1 Å². The Labute approximate surface area is 81.8 Å². The first-order chi connectivity index (χ1) is 4.71. The van der Waals surface area contributed by atoms with Gasteiger partial charge >= 0.3 is 81.8 Å². The van der Waals surface area contributed by atoms with E-state index in [4.69, 9.17) is 0 Å². The molecule has 0 N–H and O–H groups in total.